The standard InChI is InChI=1S/C44H34N3O.C15H16N.C14H16NSi.Ir/c1-27(2)37-23-33(30-13-6-5-7-14-30)24-38(28(3)4)42(37)47-40-19-9-8-18-39(40)46-44(47)36-17-11-16-35-34-21-20-32(25-41(34)48-43(35)36)31-15-10-12-29(22-31)26-45;1-15(2,3)13-9-10-14(16-11-13)12-7-5-4-6-8-12;1-16(2,3)13-9-10-14(15-11-13)12-7-5-4-6-8-12;/h5-16,18-25,27-28H,1-4H3;2*4-7,9-11H,1-3H3;/q3*-1;+3. The van der Waals surface area contributed by atoms with Crippen LogP contribution in [-0.2, 0) is 25.5 Å². The number of pyridine rings is 2. The molecule has 0 aliphatic carbocycles. The first-order valence-corrected chi connectivity index (χ1v) is 31.0. The van der Waals surface area contributed by atoms with Gasteiger partial charge in [-0.3, -0.25) is 4.98 Å². The number of para-hydroxylation sites is 2. The summed E-state index contributed by atoms with van der Waals surface area (Å²) in [5.41, 5.74) is 18.6. The van der Waals surface area contributed by atoms with E-state index in [0.717, 1.165) is 78.0 Å². The molecule has 0 amide bonds. The molecule has 0 bridgehead atoms. The van der Waals surface area contributed by atoms with E-state index < -0.39 is 8.07 Å². The first-order valence-electron chi connectivity index (χ1n) is 27.5. The van der Waals surface area contributed by atoms with Gasteiger partial charge in [-0.25, -0.2) is 0 Å². The van der Waals surface area contributed by atoms with Crippen LogP contribution in [-0.4, -0.2) is 27.6 Å². The van der Waals surface area contributed by atoms with Gasteiger partial charge in [0.2, 0.25) is 0 Å². The number of benzene rings is 8. The van der Waals surface area contributed by atoms with Crippen molar-refractivity contribution in [3.05, 3.63) is 247 Å². The molecule has 0 aliphatic rings. The van der Waals surface area contributed by atoms with Crippen molar-refractivity contribution < 1.29 is 24.5 Å². The van der Waals surface area contributed by atoms with Crippen LogP contribution in [0, 0.1) is 29.5 Å². The number of nitriles is 1. The third kappa shape index (κ3) is 12.7. The zero-order valence-corrected chi connectivity index (χ0v) is 51.2. The Morgan fingerprint density at radius 2 is 1.19 bits per heavy atom. The van der Waals surface area contributed by atoms with Gasteiger partial charge in [-0.2, -0.15) is 5.26 Å². The molecule has 0 spiro atoms. The molecule has 12 rings (SSSR count). The van der Waals surface area contributed by atoms with Crippen molar-refractivity contribution in [3.8, 4) is 67.9 Å². The van der Waals surface area contributed by atoms with Crippen molar-refractivity contribution >= 4 is 46.2 Å². The normalized spacial score (nSPS) is 11.4. The second kappa shape index (κ2) is 24.6. The molecular formula is C73H66IrN5OSi. The van der Waals surface area contributed by atoms with Gasteiger partial charge in [0.15, 0.2) is 0 Å². The van der Waals surface area contributed by atoms with Gasteiger partial charge in [-0.15, -0.1) is 90.0 Å². The maximum atomic E-state index is 9.45. The van der Waals surface area contributed by atoms with Crippen LogP contribution in [0.2, 0.25) is 19.6 Å². The average Bonchev–Trinajstić information content (AvgIpc) is 3.31. The van der Waals surface area contributed by atoms with Crippen molar-refractivity contribution in [2.75, 3.05) is 0 Å². The van der Waals surface area contributed by atoms with Crippen LogP contribution in [0.4, 0.5) is 0 Å². The Morgan fingerprint density at radius 3 is 1.77 bits per heavy atom. The number of furan rings is 1. The van der Waals surface area contributed by atoms with E-state index in [0.29, 0.717) is 5.56 Å². The number of fused-ring (bicyclic) bond motifs is 4. The SMILES string of the molecule is CC(C)(C)c1ccc(-c2[c-]cccc2)nc1.CC(C)c1cc(-c2ccccc2)cc(C(C)C)c1-n1c(-c2[c-]ccc3c2oc2cc(-c4cccc(C#N)c4)ccc23)nc2ccccc21.C[Si](C)(C)c1ccc(-c2[c-]cccc2)nc1.[Ir+3]. The van der Waals surface area contributed by atoms with Crippen LogP contribution < -0.4 is 5.19 Å². The maximum Gasteiger partial charge on any atom is 3.00 e. The van der Waals surface area contributed by atoms with Crippen LogP contribution in [0.3, 0.4) is 0 Å². The van der Waals surface area contributed by atoms with E-state index in [1.54, 1.807) is 0 Å². The molecule has 0 saturated carbocycles. The fraction of sp³-hybridized carbons (Fsp3) is 0.178. The predicted octanol–water partition coefficient (Wildman–Crippen LogP) is 18.8. The topological polar surface area (TPSA) is 80.5 Å². The maximum absolute atomic E-state index is 9.45. The molecule has 0 aliphatic heterocycles. The third-order valence-corrected chi connectivity index (χ3v) is 16.5. The predicted molar refractivity (Wildman–Crippen MR) is 335 cm³/mol. The zero-order chi connectivity index (χ0) is 56.1. The van der Waals surface area contributed by atoms with Gasteiger partial charge in [0.05, 0.1) is 42.1 Å². The molecule has 8 heteroatoms. The minimum Gasteiger partial charge on any atom is -0.501 e. The number of aromatic nitrogens is 4. The Balaban J connectivity index is 0.000000195. The second-order valence-electron chi connectivity index (χ2n) is 23.0. The van der Waals surface area contributed by atoms with Crippen LogP contribution in [0.1, 0.15) is 82.6 Å². The summed E-state index contributed by atoms with van der Waals surface area (Å²) in [5, 5.41) is 12.9. The zero-order valence-electron chi connectivity index (χ0n) is 47.8. The monoisotopic (exact) mass is 1250 g/mol. The van der Waals surface area contributed by atoms with Gasteiger partial charge < -0.3 is 19.0 Å². The van der Waals surface area contributed by atoms with Gasteiger partial charge in [-0.05, 0) is 115 Å². The van der Waals surface area contributed by atoms with Gasteiger partial charge in [0.1, 0.15) is 5.58 Å². The molecule has 6 nitrogen and oxygen atoms in total. The molecule has 4 aromatic heterocycles. The first kappa shape index (κ1) is 57.4. The summed E-state index contributed by atoms with van der Waals surface area (Å²) in [6.07, 6.45) is 3.97. The third-order valence-electron chi connectivity index (χ3n) is 14.5. The average molecular weight is 1250 g/mol. The molecule has 0 fully saturated rings. The summed E-state index contributed by atoms with van der Waals surface area (Å²) < 4.78 is 9.07. The number of hydrogen-bond acceptors (Lipinski definition) is 5. The molecule has 8 aromatic carbocycles. The Morgan fingerprint density at radius 1 is 0.568 bits per heavy atom. The quantitative estimate of drug-likeness (QED) is 0.106. The molecule has 81 heavy (non-hydrogen) atoms. The van der Waals surface area contributed by atoms with Crippen LogP contribution in [0.25, 0.3) is 94.8 Å². The van der Waals surface area contributed by atoms with E-state index in [9.17, 15) is 5.26 Å². The van der Waals surface area contributed by atoms with Gasteiger partial charge in [0.25, 0.3) is 0 Å². The smallest absolute Gasteiger partial charge is 0.501 e. The molecule has 0 radical (unpaired) electrons. The van der Waals surface area contributed by atoms with Crippen LogP contribution in [0.5, 0.6) is 0 Å². The fourth-order valence-electron chi connectivity index (χ4n) is 9.99. The second-order valence-corrected chi connectivity index (χ2v) is 28.0. The molecule has 0 saturated heterocycles. The molecule has 0 N–H and O–H groups in total. The Kier molecular flexibility index (Phi) is 17.4. The Bertz CT molecular complexity index is 4010. The summed E-state index contributed by atoms with van der Waals surface area (Å²) in [6.45, 7) is 22.7. The number of nitrogens with zero attached hydrogens (tertiary/aromatic N) is 5. The van der Waals surface area contributed by atoms with E-state index >= 15 is 0 Å². The summed E-state index contributed by atoms with van der Waals surface area (Å²) in [5.74, 6) is 1.33. The molecule has 0 unspecified atom stereocenters. The number of hydrogen-bond donors (Lipinski definition) is 0. The summed E-state index contributed by atoms with van der Waals surface area (Å²) in [6, 6.07) is 78.2. The fourth-order valence-corrected chi connectivity index (χ4v) is 11.0. The van der Waals surface area contributed by atoms with Crippen LogP contribution >= 0.6 is 0 Å². The molecule has 402 valence electrons. The summed E-state index contributed by atoms with van der Waals surface area (Å²) >= 11 is 0. The minimum atomic E-state index is -1.23. The van der Waals surface area contributed by atoms with Crippen molar-refractivity contribution in [1.82, 2.24) is 19.5 Å². The number of imidazole rings is 1. The van der Waals surface area contributed by atoms with E-state index in [-0.39, 0.29) is 37.4 Å². The van der Waals surface area contributed by atoms with E-state index in [1.807, 2.05) is 97.3 Å². The molecule has 12 aromatic rings. The Labute approximate surface area is 492 Å². The van der Waals surface area contributed by atoms with Crippen molar-refractivity contribution in [1.29, 1.82) is 5.26 Å². The number of rotatable bonds is 9. The van der Waals surface area contributed by atoms with Crippen molar-refractivity contribution in [2.24, 2.45) is 0 Å². The first-order chi connectivity index (χ1) is 38.5. The van der Waals surface area contributed by atoms with Crippen molar-refractivity contribution in [3.63, 3.8) is 0 Å². The van der Waals surface area contributed by atoms with Gasteiger partial charge >= 0.3 is 20.1 Å². The largest absolute Gasteiger partial charge is 3.00 e. The van der Waals surface area contributed by atoms with Crippen molar-refractivity contribution in [2.45, 2.75) is 85.4 Å². The van der Waals surface area contributed by atoms with E-state index in [1.165, 1.54) is 38.7 Å². The molecule has 4 heterocycles. The molecule has 0 atom stereocenters. The summed E-state index contributed by atoms with van der Waals surface area (Å²) in [4.78, 5) is 14.3. The van der Waals surface area contributed by atoms with E-state index in [2.05, 4.69) is 216 Å². The van der Waals surface area contributed by atoms with Gasteiger partial charge in [-0.1, -0.05) is 170 Å². The Hall–Kier alpha value is -8.31. The van der Waals surface area contributed by atoms with Gasteiger partial charge in [0, 0.05) is 23.5 Å². The minimum absolute atomic E-state index is 0. The van der Waals surface area contributed by atoms with Crippen LogP contribution in [0.15, 0.2) is 211 Å². The summed E-state index contributed by atoms with van der Waals surface area (Å²) in [7, 11) is -1.23. The molecular weight excluding hydrogens is 1180 g/mol. The van der Waals surface area contributed by atoms with E-state index in [4.69, 9.17) is 9.40 Å².